The number of quaternary nitrogens is 1. The second kappa shape index (κ2) is 38.5. The number of nitrogens with zero attached hydrogens (tertiary/aromatic N) is 1. The van der Waals surface area contributed by atoms with E-state index < -0.39 is 20.0 Å². The van der Waals surface area contributed by atoms with E-state index >= 15 is 0 Å². The van der Waals surface area contributed by atoms with E-state index in [1.165, 1.54) is 154 Å². The summed E-state index contributed by atoms with van der Waals surface area (Å²) < 4.78 is 23.2. The van der Waals surface area contributed by atoms with E-state index in [2.05, 4.69) is 31.3 Å². The molecule has 0 heterocycles. The van der Waals surface area contributed by atoms with Crippen LogP contribution in [0.25, 0.3) is 0 Å². The summed E-state index contributed by atoms with van der Waals surface area (Å²) in [6.07, 6.45) is 45.1. The van der Waals surface area contributed by atoms with Crippen LogP contribution < -0.4 is 10.2 Å². The third-order valence-corrected chi connectivity index (χ3v) is 11.4. The van der Waals surface area contributed by atoms with Crippen molar-refractivity contribution < 1.29 is 32.9 Å². The Morgan fingerprint density at radius 1 is 0.618 bits per heavy atom. The quantitative estimate of drug-likeness (QED) is 0.0276. The largest absolute Gasteiger partial charge is 0.756 e. The Hall–Kier alpha value is -1.02. The van der Waals surface area contributed by atoms with Crippen molar-refractivity contribution >= 4 is 13.7 Å². The van der Waals surface area contributed by atoms with Crippen molar-refractivity contribution in [2.75, 3.05) is 40.9 Å². The lowest BCUT2D eigenvalue weighted by atomic mass is 10.0. The van der Waals surface area contributed by atoms with E-state index in [-0.39, 0.29) is 19.1 Å². The standard InChI is InChI=1S/C46H91N2O6P/c1-6-8-10-12-14-16-18-20-21-22-23-24-25-26-28-30-32-34-36-38-40-46(50)47-44(43-54-55(51,52)53-42-41-48(3,4)5)45(49)39-37-35-33-31-29-27-19-17-15-13-11-9-7-2/h11,13,37,39,44-45,49H,6-10,12,14-36,38,40-43H2,1-5H3,(H-,47,50,51,52)/b13-11+,39-37+/t44-,45+/m0/s1. The molecule has 9 heteroatoms. The molecule has 0 aliphatic heterocycles. The lowest BCUT2D eigenvalue weighted by Gasteiger charge is -2.29. The van der Waals surface area contributed by atoms with Gasteiger partial charge in [0.05, 0.1) is 39.9 Å². The fourth-order valence-electron chi connectivity index (χ4n) is 6.68. The number of rotatable bonds is 42. The van der Waals surface area contributed by atoms with Crippen molar-refractivity contribution in [3.63, 3.8) is 0 Å². The van der Waals surface area contributed by atoms with Gasteiger partial charge in [-0.25, -0.2) is 0 Å². The summed E-state index contributed by atoms with van der Waals surface area (Å²) in [7, 11) is 1.26. The number of aliphatic hydroxyl groups is 1. The highest BCUT2D eigenvalue weighted by atomic mass is 31.2. The van der Waals surface area contributed by atoms with Crippen molar-refractivity contribution in [1.29, 1.82) is 0 Å². The van der Waals surface area contributed by atoms with Crippen LogP contribution in [0.15, 0.2) is 24.3 Å². The molecule has 0 aliphatic carbocycles. The first-order valence-electron chi connectivity index (χ1n) is 23.2. The fraction of sp³-hybridized carbons (Fsp3) is 0.891. The summed E-state index contributed by atoms with van der Waals surface area (Å²) in [5.74, 6) is -0.198. The molecule has 2 N–H and O–H groups in total. The number of unbranched alkanes of at least 4 members (excludes halogenated alkanes) is 27. The van der Waals surface area contributed by atoms with Crippen molar-refractivity contribution in [3.8, 4) is 0 Å². The maximum atomic E-state index is 12.9. The molecule has 0 aromatic heterocycles. The number of hydrogen-bond donors (Lipinski definition) is 2. The van der Waals surface area contributed by atoms with Gasteiger partial charge in [-0.05, 0) is 38.5 Å². The van der Waals surface area contributed by atoms with E-state index in [1.54, 1.807) is 6.08 Å². The van der Waals surface area contributed by atoms with Crippen molar-refractivity contribution in [2.45, 2.75) is 225 Å². The monoisotopic (exact) mass is 799 g/mol. The summed E-state index contributed by atoms with van der Waals surface area (Å²) >= 11 is 0. The highest BCUT2D eigenvalue weighted by molar-refractivity contribution is 7.45. The molecule has 0 aliphatic rings. The van der Waals surface area contributed by atoms with Crippen LogP contribution in [0.5, 0.6) is 0 Å². The summed E-state index contributed by atoms with van der Waals surface area (Å²) in [6.45, 7) is 4.60. The van der Waals surface area contributed by atoms with E-state index in [0.29, 0.717) is 17.4 Å². The molecule has 0 aromatic rings. The molecule has 0 rings (SSSR count). The van der Waals surface area contributed by atoms with Gasteiger partial charge >= 0.3 is 0 Å². The predicted octanol–water partition coefficient (Wildman–Crippen LogP) is 12.3. The number of allylic oxidation sites excluding steroid dienone is 3. The van der Waals surface area contributed by atoms with E-state index in [1.807, 2.05) is 27.2 Å². The molecule has 1 unspecified atom stereocenters. The molecule has 0 aromatic carbocycles. The third-order valence-electron chi connectivity index (χ3n) is 10.4. The van der Waals surface area contributed by atoms with Gasteiger partial charge in [-0.3, -0.25) is 9.36 Å². The van der Waals surface area contributed by atoms with E-state index in [4.69, 9.17) is 9.05 Å². The van der Waals surface area contributed by atoms with Gasteiger partial charge in [0.2, 0.25) is 5.91 Å². The van der Waals surface area contributed by atoms with E-state index in [0.717, 1.165) is 38.5 Å². The topological polar surface area (TPSA) is 108 Å². The van der Waals surface area contributed by atoms with Gasteiger partial charge in [-0.15, -0.1) is 0 Å². The summed E-state index contributed by atoms with van der Waals surface area (Å²) in [5.41, 5.74) is 0. The van der Waals surface area contributed by atoms with Crippen molar-refractivity contribution in [1.82, 2.24) is 5.32 Å². The molecule has 3 atom stereocenters. The maximum Gasteiger partial charge on any atom is 0.268 e. The Bertz CT molecular complexity index is 953. The second-order valence-corrected chi connectivity index (χ2v) is 18.5. The summed E-state index contributed by atoms with van der Waals surface area (Å²) in [6, 6.07) is -0.885. The minimum atomic E-state index is -4.58. The highest BCUT2D eigenvalue weighted by Crippen LogP contribution is 2.38. The molecule has 0 fully saturated rings. The lowest BCUT2D eigenvalue weighted by molar-refractivity contribution is -0.870. The summed E-state index contributed by atoms with van der Waals surface area (Å²) in [5, 5.41) is 13.8. The molecule has 1 amide bonds. The molecule has 0 saturated heterocycles. The van der Waals surface area contributed by atoms with Crippen molar-refractivity contribution in [2.24, 2.45) is 0 Å². The van der Waals surface area contributed by atoms with Crippen LogP contribution in [0.2, 0.25) is 0 Å². The lowest BCUT2D eigenvalue weighted by Crippen LogP contribution is -2.45. The maximum absolute atomic E-state index is 12.9. The fourth-order valence-corrected chi connectivity index (χ4v) is 7.41. The van der Waals surface area contributed by atoms with Gasteiger partial charge in [0.15, 0.2) is 0 Å². The first kappa shape index (κ1) is 54.0. The molecule has 0 radical (unpaired) electrons. The third kappa shape index (κ3) is 41.0. The molecule has 0 bridgehead atoms. The number of amides is 1. The van der Waals surface area contributed by atoms with Gasteiger partial charge in [0.25, 0.3) is 7.82 Å². The van der Waals surface area contributed by atoms with Gasteiger partial charge in [0.1, 0.15) is 13.2 Å². The zero-order chi connectivity index (χ0) is 40.7. The molecular weight excluding hydrogens is 707 g/mol. The SMILES string of the molecule is CCC/C=C/CCCCCCCC/C=C/[C@@H](O)[C@H](COP(=O)([O-])OCC[N+](C)(C)C)NC(=O)CCCCCCCCCCCCCCCCCCCCCC. The molecule has 0 saturated carbocycles. The number of likely N-dealkylation sites (N-methyl/N-ethyl adjacent to an activating group) is 1. The van der Waals surface area contributed by atoms with Crippen LogP contribution in [-0.2, 0) is 18.4 Å². The average Bonchev–Trinajstić information content (AvgIpc) is 3.13. The van der Waals surface area contributed by atoms with Crippen LogP contribution in [0, 0.1) is 0 Å². The zero-order valence-corrected chi connectivity index (χ0v) is 37.8. The Morgan fingerprint density at radius 2 is 1.04 bits per heavy atom. The number of phosphoric acid groups is 1. The van der Waals surface area contributed by atoms with Crippen molar-refractivity contribution in [3.05, 3.63) is 24.3 Å². The van der Waals surface area contributed by atoms with Gasteiger partial charge in [0, 0.05) is 6.42 Å². The average molecular weight is 799 g/mol. The van der Waals surface area contributed by atoms with Crippen LogP contribution in [0.3, 0.4) is 0 Å². The number of hydrogen-bond acceptors (Lipinski definition) is 6. The second-order valence-electron chi connectivity index (χ2n) is 17.1. The Labute approximate surface area is 341 Å². The van der Waals surface area contributed by atoms with Crippen LogP contribution in [-0.4, -0.2) is 68.5 Å². The molecule has 8 nitrogen and oxygen atoms in total. The Balaban J connectivity index is 4.31. The molecule has 326 valence electrons. The van der Waals surface area contributed by atoms with E-state index in [9.17, 15) is 19.4 Å². The van der Waals surface area contributed by atoms with Gasteiger partial charge < -0.3 is 28.8 Å². The minimum Gasteiger partial charge on any atom is -0.756 e. The number of phosphoric ester groups is 1. The zero-order valence-electron chi connectivity index (χ0n) is 36.9. The minimum absolute atomic E-state index is 0.000787. The van der Waals surface area contributed by atoms with Gasteiger partial charge in [-0.2, -0.15) is 0 Å². The molecule has 0 spiro atoms. The van der Waals surface area contributed by atoms with Crippen LogP contribution in [0.1, 0.15) is 213 Å². The number of aliphatic hydroxyl groups excluding tert-OH is 1. The first-order chi connectivity index (χ1) is 26.5. The number of carbonyl (C=O) groups excluding carboxylic acids is 1. The first-order valence-corrected chi connectivity index (χ1v) is 24.7. The van der Waals surface area contributed by atoms with Crippen LogP contribution >= 0.6 is 7.82 Å². The smallest absolute Gasteiger partial charge is 0.268 e. The Morgan fingerprint density at radius 3 is 1.49 bits per heavy atom. The van der Waals surface area contributed by atoms with Crippen LogP contribution in [0.4, 0.5) is 0 Å². The highest BCUT2D eigenvalue weighted by Gasteiger charge is 2.23. The van der Waals surface area contributed by atoms with Gasteiger partial charge in [-0.1, -0.05) is 192 Å². The Kier molecular flexibility index (Phi) is 37.8. The number of nitrogens with one attached hydrogen (secondary N) is 1. The molecule has 55 heavy (non-hydrogen) atoms. The summed E-state index contributed by atoms with van der Waals surface area (Å²) in [4.78, 5) is 25.3. The molecular formula is C46H91N2O6P. The number of carbonyl (C=O) groups is 1. The normalized spacial score (nSPS) is 14.5. The predicted molar refractivity (Wildman–Crippen MR) is 233 cm³/mol.